The summed E-state index contributed by atoms with van der Waals surface area (Å²) in [7, 11) is 1.43. The Morgan fingerprint density at radius 2 is 1.74 bits per heavy atom. The second-order valence-electron chi connectivity index (χ2n) is 7.31. The normalized spacial score (nSPS) is 13.9. The Bertz CT molecular complexity index is 1340. The highest BCUT2D eigenvalue weighted by molar-refractivity contribution is 6.12. The zero-order valence-electron chi connectivity index (χ0n) is 18.2. The van der Waals surface area contributed by atoms with E-state index in [4.69, 9.17) is 14.2 Å². The SMILES string of the molecule is COc1cc(/C=C2\N=C(c3ccc([N+](=O)[O-])cc3)OC2=O)ccc1OC(=O)c1ccc(C)cc1. The minimum atomic E-state index is -0.665. The van der Waals surface area contributed by atoms with Crippen molar-refractivity contribution in [2.24, 2.45) is 4.99 Å². The van der Waals surface area contributed by atoms with Crippen molar-refractivity contribution in [3.05, 3.63) is 105 Å². The molecule has 9 nitrogen and oxygen atoms in total. The average Bonchev–Trinajstić information content (AvgIpc) is 3.20. The standard InChI is InChI=1S/C25H18N2O7/c1-15-3-6-18(7-4-15)24(28)33-21-12-5-16(14-22(21)32-2)13-20-25(29)34-23(26-20)17-8-10-19(11-9-17)27(30)31/h3-14H,1-2H3/b20-13-. The Morgan fingerprint density at radius 3 is 2.38 bits per heavy atom. The molecule has 0 spiro atoms. The number of carbonyl (C=O) groups excluding carboxylic acids is 2. The van der Waals surface area contributed by atoms with Gasteiger partial charge in [0.2, 0.25) is 5.90 Å². The first-order valence-electron chi connectivity index (χ1n) is 10.1. The zero-order valence-corrected chi connectivity index (χ0v) is 18.2. The maximum atomic E-state index is 12.4. The number of hydrogen-bond acceptors (Lipinski definition) is 8. The van der Waals surface area contributed by atoms with Gasteiger partial charge in [-0.05, 0) is 55.0 Å². The predicted octanol–water partition coefficient (Wildman–Crippen LogP) is 4.48. The van der Waals surface area contributed by atoms with E-state index in [1.54, 1.807) is 30.3 Å². The molecule has 0 aliphatic carbocycles. The Labute approximate surface area is 194 Å². The first kappa shape index (κ1) is 22.4. The highest BCUT2D eigenvalue weighted by atomic mass is 16.6. The molecule has 0 bridgehead atoms. The molecule has 0 amide bonds. The number of ether oxygens (including phenoxy) is 3. The summed E-state index contributed by atoms with van der Waals surface area (Å²) in [4.78, 5) is 39.2. The first-order chi connectivity index (χ1) is 16.3. The number of carbonyl (C=O) groups is 2. The maximum absolute atomic E-state index is 12.4. The lowest BCUT2D eigenvalue weighted by Gasteiger charge is -2.10. The fourth-order valence-electron chi connectivity index (χ4n) is 3.12. The third-order valence-electron chi connectivity index (χ3n) is 4.93. The second-order valence-corrected chi connectivity index (χ2v) is 7.31. The third-order valence-corrected chi connectivity index (χ3v) is 4.93. The van der Waals surface area contributed by atoms with Crippen molar-refractivity contribution in [1.82, 2.24) is 0 Å². The molecule has 0 fully saturated rings. The Balaban J connectivity index is 1.55. The van der Waals surface area contributed by atoms with Gasteiger partial charge in [0.25, 0.3) is 5.69 Å². The lowest BCUT2D eigenvalue weighted by Crippen LogP contribution is -2.09. The Morgan fingerprint density at radius 1 is 1.03 bits per heavy atom. The van der Waals surface area contributed by atoms with Gasteiger partial charge in [-0.1, -0.05) is 23.8 Å². The Hall–Kier alpha value is -4.79. The van der Waals surface area contributed by atoms with Crippen molar-refractivity contribution in [3.63, 3.8) is 0 Å². The van der Waals surface area contributed by atoms with Crippen LogP contribution in [-0.2, 0) is 9.53 Å². The molecule has 0 unspecified atom stereocenters. The van der Waals surface area contributed by atoms with E-state index in [0.717, 1.165) is 5.56 Å². The molecule has 3 aromatic rings. The molecule has 0 atom stereocenters. The van der Waals surface area contributed by atoms with E-state index in [0.29, 0.717) is 22.4 Å². The molecule has 1 aliphatic rings. The molecule has 3 aromatic carbocycles. The molecular weight excluding hydrogens is 440 g/mol. The van der Waals surface area contributed by atoms with E-state index < -0.39 is 16.9 Å². The summed E-state index contributed by atoms with van der Waals surface area (Å²) in [6, 6.07) is 17.3. The number of nitrogens with zero attached hydrogens (tertiary/aromatic N) is 2. The third kappa shape index (κ3) is 4.83. The largest absolute Gasteiger partial charge is 0.493 e. The van der Waals surface area contributed by atoms with Crippen molar-refractivity contribution in [2.75, 3.05) is 7.11 Å². The second kappa shape index (κ2) is 9.37. The fraction of sp³-hybridized carbons (Fsp3) is 0.0800. The highest BCUT2D eigenvalue weighted by Gasteiger charge is 2.25. The lowest BCUT2D eigenvalue weighted by atomic mass is 10.1. The van der Waals surface area contributed by atoms with Crippen LogP contribution in [0.2, 0.25) is 0 Å². The molecule has 9 heteroatoms. The van der Waals surface area contributed by atoms with Crippen molar-refractivity contribution in [1.29, 1.82) is 0 Å². The summed E-state index contributed by atoms with van der Waals surface area (Å²) in [6.45, 7) is 1.92. The zero-order chi connectivity index (χ0) is 24.2. The van der Waals surface area contributed by atoms with E-state index >= 15 is 0 Å². The minimum Gasteiger partial charge on any atom is -0.493 e. The number of methoxy groups -OCH3 is 1. The van der Waals surface area contributed by atoms with Crippen molar-refractivity contribution < 1.29 is 28.7 Å². The monoisotopic (exact) mass is 458 g/mol. The molecular formula is C25H18N2O7. The fourth-order valence-corrected chi connectivity index (χ4v) is 3.12. The van der Waals surface area contributed by atoms with E-state index in [1.807, 2.05) is 19.1 Å². The number of nitro groups is 1. The molecule has 1 aliphatic heterocycles. The van der Waals surface area contributed by atoms with Gasteiger partial charge >= 0.3 is 11.9 Å². The van der Waals surface area contributed by atoms with Crippen LogP contribution in [0.5, 0.6) is 11.5 Å². The van der Waals surface area contributed by atoms with Crippen LogP contribution < -0.4 is 9.47 Å². The molecule has 34 heavy (non-hydrogen) atoms. The number of rotatable bonds is 6. The van der Waals surface area contributed by atoms with Crippen LogP contribution in [0.3, 0.4) is 0 Å². The topological polar surface area (TPSA) is 117 Å². The van der Waals surface area contributed by atoms with Gasteiger partial charge in [0.05, 0.1) is 17.6 Å². The van der Waals surface area contributed by atoms with Crippen LogP contribution in [0.15, 0.2) is 77.4 Å². The van der Waals surface area contributed by atoms with Gasteiger partial charge in [0, 0.05) is 17.7 Å². The van der Waals surface area contributed by atoms with Gasteiger partial charge in [-0.15, -0.1) is 0 Å². The van der Waals surface area contributed by atoms with Crippen LogP contribution in [0.4, 0.5) is 5.69 Å². The number of aliphatic imine (C=N–C) groups is 1. The number of esters is 2. The molecule has 0 saturated carbocycles. The van der Waals surface area contributed by atoms with Gasteiger partial charge in [-0.25, -0.2) is 14.6 Å². The number of non-ortho nitro benzene ring substituents is 1. The molecule has 0 N–H and O–H groups in total. The summed E-state index contributed by atoms with van der Waals surface area (Å²) >= 11 is 0. The molecule has 0 aromatic heterocycles. The summed E-state index contributed by atoms with van der Waals surface area (Å²) in [5.74, 6) is -0.634. The van der Waals surface area contributed by atoms with E-state index in [-0.39, 0.29) is 23.0 Å². The summed E-state index contributed by atoms with van der Waals surface area (Å²) in [6.07, 6.45) is 1.49. The van der Waals surface area contributed by atoms with Gasteiger partial charge in [-0.2, -0.15) is 0 Å². The van der Waals surface area contributed by atoms with Gasteiger partial charge in [-0.3, -0.25) is 10.1 Å². The molecule has 1 heterocycles. The Kier molecular flexibility index (Phi) is 6.18. The minimum absolute atomic E-state index is 0.0415. The van der Waals surface area contributed by atoms with E-state index in [9.17, 15) is 19.7 Å². The summed E-state index contributed by atoms with van der Waals surface area (Å²) < 4.78 is 16.0. The number of aryl methyl sites for hydroxylation is 1. The van der Waals surface area contributed by atoms with Crippen LogP contribution in [-0.4, -0.2) is 29.9 Å². The quantitative estimate of drug-likeness (QED) is 0.176. The van der Waals surface area contributed by atoms with E-state index in [1.165, 1.54) is 37.5 Å². The van der Waals surface area contributed by atoms with Crippen molar-refractivity contribution in [2.45, 2.75) is 6.92 Å². The number of hydrogen-bond donors (Lipinski definition) is 0. The number of cyclic esters (lactones) is 1. The maximum Gasteiger partial charge on any atom is 0.363 e. The predicted molar refractivity (Wildman–Crippen MR) is 123 cm³/mol. The van der Waals surface area contributed by atoms with Crippen LogP contribution >= 0.6 is 0 Å². The molecule has 0 saturated heterocycles. The van der Waals surface area contributed by atoms with Crippen molar-refractivity contribution >= 4 is 29.6 Å². The van der Waals surface area contributed by atoms with Crippen LogP contribution in [0.25, 0.3) is 6.08 Å². The lowest BCUT2D eigenvalue weighted by molar-refractivity contribution is -0.384. The summed E-state index contributed by atoms with van der Waals surface area (Å²) in [5.41, 5.74) is 2.38. The van der Waals surface area contributed by atoms with Gasteiger partial charge < -0.3 is 14.2 Å². The molecule has 4 rings (SSSR count). The van der Waals surface area contributed by atoms with E-state index in [2.05, 4.69) is 4.99 Å². The summed E-state index contributed by atoms with van der Waals surface area (Å²) in [5, 5.41) is 10.8. The highest BCUT2D eigenvalue weighted by Crippen LogP contribution is 2.30. The van der Waals surface area contributed by atoms with Crippen LogP contribution in [0, 0.1) is 17.0 Å². The average molecular weight is 458 g/mol. The smallest absolute Gasteiger partial charge is 0.363 e. The molecule has 170 valence electrons. The number of benzene rings is 3. The number of nitro benzene ring substituents is 1. The van der Waals surface area contributed by atoms with Crippen LogP contribution in [0.1, 0.15) is 27.0 Å². The van der Waals surface area contributed by atoms with Crippen molar-refractivity contribution in [3.8, 4) is 11.5 Å². The van der Waals surface area contributed by atoms with Gasteiger partial charge in [0.1, 0.15) is 0 Å². The molecule has 0 radical (unpaired) electrons. The first-order valence-corrected chi connectivity index (χ1v) is 10.1. The van der Waals surface area contributed by atoms with Gasteiger partial charge in [0.15, 0.2) is 17.2 Å².